The number of hydrogen-bond donors (Lipinski definition) is 2. The number of thiazole rings is 1. The first kappa shape index (κ1) is 11.9. The van der Waals surface area contributed by atoms with Crippen LogP contribution in [0.4, 0.5) is 5.13 Å². The quantitative estimate of drug-likeness (QED) is 0.753. The first-order valence-electron chi connectivity index (χ1n) is 5.82. The fourth-order valence-electron chi connectivity index (χ4n) is 1.78. The molecule has 0 spiro atoms. The van der Waals surface area contributed by atoms with E-state index in [1.807, 2.05) is 26.0 Å². The lowest BCUT2D eigenvalue weighted by atomic mass is 10.1. The van der Waals surface area contributed by atoms with Crippen molar-refractivity contribution in [1.29, 1.82) is 0 Å². The average molecular weight is 272 g/mol. The second-order valence-corrected chi connectivity index (χ2v) is 5.49. The fraction of sp³-hybridized carbons (Fsp3) is 0.154. The van der Waals surface area contributed by atoms with Gasteiger partial charge in [-0.2, -0.15) is 5.10 Å². The van der Waals surface area contributed by atoms with Crippen LogP contribution in [0.2, 0.25) is 0 Å². The van der Waals surface area contributed by atoms with Gasteiger partial charge in [-0.25, -0.2) is 4.98 Å². The summed E-state index contributed by atoms with van der Waals surface area (Å²) in [7, 11) is 0. The molecular formula is C13H12N4OS. The second kappa shape index (κ2) is 4.47. The van der Waals surface area contributed by atoms with Gasteiger partial charge in [-0.3, -0.25) is 15.2 Å². The first-order valence-corrected chi connectivity index (χ1v) is 6.63. The second-order valence-electron chi connectivity index (χ2n) is 4.29. The maximum absolute atomic E-state index is 12.1. The predicted octanol–water partition coefficient (Wildman–Crippen LogP) is 2.89. The zero-order chi connectivity index (χ0) is 13.4. The van der Waals surface area contributed by atoms with E-state index in [0.717, 1.165) is 21.5 Å². The minimum Gasteiger partial charge on any atom is -0.298 e. The van der Waals surface area contributed by atoms with Gasteiger partial charge in [0.05, 0.1) is 17.4 Å². The molecule has 0 fully saturated rings. The van der Waals surface area contributed by atoms with Gasteiger partial charge in [-0.15, -0.1) is 11.3 Å². The summed E-state index contributed by atoms with van der Waals surface area (Å²) in [6, 6.07) is 5.42. The van der Waals surface area contributed by atoms with Gasteiger partial charge in [-0.1, -0.05) is 0 Å². The zero-order valence-corrected chi connectivity index (χ0v) is 11.3. The Kier molecular flexibility index (Phi) is 2.79. The Balaban J connectivity index is 1.86. The number of anilines is 1. The molecule has 0 unspecified atom stereocenters. The van der Waals surface area contributed by atoms with Gasteiger partial charge >= 0.3 is 0 Å². The summed E-state index contributed by atoms with van der Waals surface area (Å²) >= 11 is 1.48. The van der Waals surface area contributed by atoms with E-state index in [-0.39, 0.29) is 5.91 Å². The minimum atomic E-state index is -0.156. The Hall–Kier alpha value is -2.21. The van der Waals surface area contributed by atoms with E-state index >= 15 is 0 Å². The van der Waals surface area contributed by atoms with Crippen molar-refractivity contribution in [3.05, 3.63) is 40.5 Å². The van der Waals surface area contributed by atoms with Crippen LogP contribution < -0.4 is 5.32 Å². The molecule has 1 aromatic carbocycles. The summed E-state index contributed by atoms with van der Waals surface area (Å²) in [6.45, 7) is 3.92. The maximum atomic E-state index is 12.1. The number of aryl methyl sites for hydroxylation is 2. The van der Waals surface area contributed by atoms with Crippen molar-refractivity contribution in [2.24, 2.45) is 0 Å². The molecule has 6 heteroatoms. The Morgan fingerprint density at radius 3 is 2.95 bits per heavy atom. The van der Waals surface area contributed by atoms with E-state index in [0.29, 0.717) is 10.7 Å². The number of amides is 1. The van der Waals surface area contributed by atoms with Gasteiger partial charge in [0.1, 0.15) is 0 Å². The third-order valence-corrected chi connectivity index (χ3v) is 3.94. The Morgan fingerprint density at radius 1 is 1.37 bits per heavy atom. The molecule has 0 atom stereocenters. The molecular weight excluding hydrogens is 260 g/mol. The Bertz CT molecular complexity index is 739. The molecule has 3 rings (SSSR count). The van der Waals surface area contributed by atoms with Crippen molar-refractivity contribution in [1.82, 2.24) is 15.2 Å². The lowest BCUT2D eigenvalue weighted by molar-refractivity contribution is 0.102. The summed E-state index contributed by atoms with van der Waals surface area (Å²) in [5, 5.41) is 11.2. The standard InChI is InChI=1S/C13H12N4OS/c1-7-8(2)19-13(15-7)16-12(18)9-3-4-11-10(5-9)6-14-17-11/h3-6H,1-2H3,(H,14,17)(H,15,16,18). The largest absolute Gasteiger partial charge is 0.298 e. The van der Waals surface area contributed by atoms with Crippen LogP contribution in [0.15, 0.2) is 24.4 Å². The number of carbonyl (C=O) groups is 1. The molecule has 2 N–H and O–H groups in total. The third-order valence-electron chi connectivity index (χ3n) is 2.95. The highest BCUT2D eigenvalue weighted by Gasteiger charge is 2.10. The van der Waals surface area contributed by atoms with Gasteiger partial charge in [0.25, 0.3) is 5.91 Å². The van der Waals surface area contributed by atoms with Gasteiger partial charge < -0.3 is 0 Å². The number of aromatic amines is 1. The molecule has 0 bridgehead atoms. The molecule has 0 radical (unpaired) electrons. The lowest BCUT2D eigenvalue weighted by Crippen LogP contribution is -2.11. The molecule has 0 saturated carbocycles. The number of carbonyl (C=O) groups excluding carboxylic acids is 1. The highest BCUT2D eigenvalue weighted by Crippen LogP contribution is 2.22. The number of aromatic nitrogens is 3. The van der Waals surface area contributed by atoms with Crippen molar-refractivity contribution >= 4 is 33.3 Å². The number of nitrogens with one attached hydrogen (secondary N) is 2. The predicted molar refractivity (Wildman–Crippen MR) is 75.6 cm³/mol. The van der Waals surface area contributed by atoms with Gasteiger partial charge in [0.15, 0.2) is 5.13 Å². The van der Waals surface area contributed by atoms with E-state index < -0.39 is 0 Å². The molecule has 2 aromatic heterocycles. The highest BCUT2D eigenvalue weighted by molar-refractivity contribution is 7.15. The summed E-state index contributed by atoms with van der Waals surface area (Å²) in [4.78, 5) is 17.5. The van der Waals surface area contributed by atoms with Crippen molar-refractivity contribution in [3.8, 4) is 0 Å². The van der Waals surface area contributed by atoms with Gasteiger partial charge in [0.2, 0.25) is 0 Å². The first-order chi connectivity index (χ1) is 9.13. The van der Waals surface area contributed by atoms with Crippen molar-refractivity contribution in [2.75, 3.05) is 5.32 Å². The Labute approximate surface area is 113 Å². The number of rotatable bonds is 2. The normalized spacial score (nSPS) is 10.8. The van der Waals surface area contributed by atoms with Crippen LogP contribution in [0.5, 0.6) is 0 Å². The Morgan fingerprint density at radius 2 is 2.21 bits per heavy atom. The van der Waals surface area contributed by atoms with E-state index in [1.165, 1.54) is 11.3 Å². The molecule has 0 saturated heterocycles. The molecule has 2 heterocycles. The number of nitrogens with zero attached hydrogens (tertiary/aromatic N) is 2. The van der Waals surface area contributed by atoms with E-state index in [4.69, 9.17) is 0 Å². The SMILES string of the molecule is Cc1nc(NC(=O)c2ccc3[nH]ncc3c2)sc1C. The number of hydrogen-bond acceptors (Lipinski definition) is 4. The number of fused-ring (bicyclic) bond motifs is 1. The third kappa shape index (κ3) is 2.22. The topological polar surface area (TPSA) is 70.7 Å². The van der Waals surface area contributed by atoms with Crippen LogP contribution in [-0.2, 0) is 0 Å². The van der Waals surface area contributed by atoms with Gasteiger partial charge in [-0.05, 0) is 32.0 Å². The van der Waals surface area contributed by atoms with Gasteiger partial charge in [0, 0.05) is 15.8 Å². The van der Waals surface area contributed by atoms with Crippen molar-refractivity contribution < 1.29 is 4.79 Å². The number of H-pyrrole nitrogens is 1. The fourth-order valence-corrected chi connectivity index (χ4v) is 2.59. The van der Waals surface area contributed by atoms with E-state index in [2.05, 4.69) is 20.5 Å². The molecule has 96 valence electrons. The van der Waals surface area contributed by atoms with E-state index in [1.54, 1.807) is 12.3 Å². The van der Waals surface area contributed by atoms with Crippen LogP contribution >= 0.6 is 11.3 Å². The maximum Gasteiger partial charge on any atom is 0.257 e. The van der Waals surface area contributed by atoms with Crippen LogP contribution in [0.25, 0.3) is 10.9 Å². The van der Waals surface area contributed by atoms with E-state index in [9.17, 15) is 4.79 Å². The van der Waals surface area contributed by atoms with Crippen LogP contribution in [0.3, 0.4) is 0 Å². The lowest BCUT2D eigenvalue weighted by Gasteiger charge is -2.01. The smallest absolute Gasteiger partial charge is 0.257 e. The van der Waals surface area contributed by atoms with Crippen LogP contribution in [0.1, 0.15) is 20.9 Å². The van der Waals surface area contributed by atoms with Crippen molar-refractivity contribution in [3.63, 3.8) is 0 Å². The number of benzene rings is 1. The highest BCUT2D eigenvalue weighted by atomic mass is 32.1. The summed E-state index contributed by atoms with van der Waals surface area (Å²) in [6.07, 6.45) is 1.70. The molecule has 0 aliphatic rings. The molecule has 0 aliphatic carbocycles. The zero-order valence-electron chi connectivity index (χ0n) is 10.5. The summed E-state index contributed by atoms with van der Waals surface area (Å²) in [5.41, 5.74) is 2.46. The molecule has 0 aliphatic heterocycles. The minimum absolute atomic E-state index is 0.156. The summed E-state index contributed by atoms with van der Waals surface area (Å²) in [5.74, 6) is -0.156. The average Bonchev–Trinajstić information content (AvgIpc) is 2.96. The molecule has 5 nitrogen and oxygen atoms in total. The molecule has 3 aromatic rings. The summed E-state index contributed by atoms with van der Waals surface area (Å²) < 4.78 is 0. The monoisotopic (exact) mass is 272 g/mol. The van der Waals surface area contributed by atoms with Crippen LogP contribution in [0, 0.1) is 13.8 Å². The molecule has 19 heavy (non-hydrogen) atoms. The molecule has 1 amide bonds. The van der Waals surface area contributed by atoms with Crippen LogP contribution in [-0.4, -0.2) is 21.1 Å². The van der Waals surface area contributed by atoms with Crippen molar-refractivity contribution in [2.45, 2.75) is 13.8 Å².